The summed E-state index contributed by atoms with van der Waals surface area (Å²) in [5.74, 6) is 0. The second kappa shape index (κ2) is 38.5. The van der Waals surface area contributed by atoms with Gasteiger partial charge in [0.15, 0.2) is 0 Å². The Morgan fingerprint density at radius 2 is 0.538 bits per heavy atom. The minimum Gasteiger partial charge on any atom is -0.0654 e. The van der Waals surface area contributed by atoms with Crippen molar-refractivity contribution in [2.45, 2.75) is 80.1 Å². The Bertz CT molecular complexity index is 25.8. The molecule has 0 fully saturated rings. The average molecular weight is 295 g/mol. The van der Waals surface area contributed by atoms with Gasteiger partial charge in [-0.1, -0.05) is 80.1 Å². The minimum atomic E-state index is 0. The van der Waals surface area contributed by atoms with Gasteiger partial charge in [0.05, 0.1) is 0 Å². The molecule has 0 aromatic rings. The zero-order valence-electron chi connectivity index (χ0n) is 10.7. The summed E-state index contributed by atoms with van der Waals surface area (Å²) in [7, 11) is 0. The van der Waals surface area contributed by atoms with Crippen LogP contribution in [0.25, 0.3) is 0 Å². The van der Waals surface area contributed by atoms with E-state index in [4.69, 9.17) is 0 Å². The molecule has 1 heteroatoms. The minimum absolute atomic E-state index is 0. The second-order valence-corrected chi connectivity index (χ2v) is 3.00. The van der Waals surface area contributed by atoms with E-state index in [1.54, 1.807) is 0 Å². The van der Waals surface area contributed by atoms with Crippen LogP contribution in [0.2, 0.25) is 0 Å². The first kappa shape index (κ1) is 23.5. The third-order valence-electron chi connectivity index (χ3n) is 1.50. The molecule has 0 nitrogen and oxygen atoms in total. The summed E-state index contributed by atoms with van der Waals surface area (Å²) in [6.45, 7) is 13.1. The summed E-state index contributed by atoms with van der Waals surface area (Å²) < 4.78 is 0. The van der Waals surface area contributed by atoms with Gasteiger partial charge in [-0.15, -0.1) is 0 Å². The molecule has 84 valence electrons. The van der Waals surface area contributed by atoms with Crippen LogP contribution in [0.5, 0.6) is 0 Å². The molecule has 4 radical (unpaired) electrons. The van der Waals surface area contributed by atoms with Crippen LogP contribution in [-0.2, 0) is 0 Å². The number of rotatable bonds is 3. The van der Waals surface area contributed by atoms with Gasteiger partial charge in [0.1, 0.15) is 0 Å². The fourth-order valence-corrected chi connectivity index (χ4v) is 0. The smallest absolute Gasteiger partial charge is 0 e. The van der Waals surface area contributed by atoms with Crippen LogP contribution >= 0.6 is 0 Å². The van der Waals surface area contributed by atoms with Crippen molar-refractivity contribution in [2.24, 2.45) is 0 Å². The van der Waals surface area contributed by atoms with E-state index in [1.165, 1.54) is 38.5 Å². The summed E-state index contributed by atoms with van der Waals surface area (Å²) in [6, 6.07) is 0. The van der Waals surface area contributed by atoms with Crippen LogP contribution in [0.15, 0.2) is 0 Å². The Morgan fingerprint density at radius 3 is 0.538 bits per heavy atom. The molecule has 0 rings (SSSR count). The van der Waals surface area contributed by atoms with Crippen molar-refractivity contribution >= 4 is 23.9 Å². The first-order valence-corrected chi connectivity index (χ1v) is 5.74. The van der Waals surface area contributed by atoms with Gasteiger partial charge in [0.2, 0.25) is 0 Å². The van der Waals surface area contributed by atoms with Crippen LogP contribution in [0, 0.1) is 0 Å². The quantitative estimate of drug-likeness (QED) is 0.621. The van der Waals surface area contributed by atoms with Crippen LogP contribution in [0.4, 0.5) is 0 Å². The summed E-state index contributed by atoms with van der Waals surface area (Å²) in [5, 5.41) is 0. The van der Waals surface area contributed by atoms with Crippen molar-refractivity contribution in [1.82, 2.24) is 0 Å². The molecule has 0 aromatic heterocycles. The molecule has 0 aliphatic heterocycles. The largest absolute Gasteiger partial charge is 0.0654 e. The van der Waals surface area contributed by atoms with E-state index in [1.807, 2.05) is 0 Å². The maximum atomic E-state index is 2.18. The number of unbranched alkanes of at least 4 members (excludes halogenated alkanes) is 3. The third kappa shape index (κ3) is 103. The van der Waals surface area contributed by atoms with Gasteiger partial charge in [-0.3, -0.25) is 0 Å². The van der Waals surface area contributed by atoms with E-state index < -0.39 is 0 Å². The van der Waals surface area contributed by atoms with Crippen LogP contribution < -0.4 is 0 Å². The summed E-state index contributed by atoms with van der Waals surface area (Å²) in [5.41, 5.74) is 0. The van der Waals surface area contributed by atoms with Crippen molar-refractivity contribution in [3.63, 3.8) is 0 Å². The van der Waals surface area contributed by atoms with Crippen molar-refractivity contribution < 1.29 is 1.43 Å². The molecule has 0 unspecified atom stereocenters. The second-order valence-electron chi connectivity index (χ2n) is 3.00. The maximum absolute atomic E-state index is 2.18. The summed E-state index contributed by atoms with van der Waals surface area (Å²) >= 11 is 0. The van der Waals surface area contributed by atoms with Crippen molar-refractivity contribution in [1.29, 1.82) is 0 Å². The van der Waals surface area contributed by atoms with Gasteiger partial charge in [-0.2, -0.15) is 0 Å². The van der Waals surface area contributed by atoms with Crippen LogP contribution in [0.1, 0.15) is 81.5 Å². The van der Waals surface area contributed by atoms with E-state index >= 15 is 0 Å². The van der Waals surface area contributed by atoms with E-state index in [-0.39, 0.29) is 25.3 Å². The molecule has 0 atom stereocenters. The molecule has 0 heterocycles. The molecular formula is C12H32Sn. The maximum Gasteiger partial charge on any atom is 0 e. The van der Waals surface area contributed by atoms with Crippen molar-refractivity contribution in [3.05, 3.63) is 0 Å². The van der Waals surface area contributed by atoms with Crippen LogP contribution in [0.3, 0.4) is 0 Å². The zero-order valence-corrected chi connectivity index (χ0v) is 13.6. The molecule has 0 saturated carbocycles. The molecule has 0 aliphatic rings. The molecule has 0 saturated heterocycles. The molecule has 13 heavy (non-hydrogen) atoms. The van der Waals surface area contributed by atoms with Crippen molar-refractivity contribution in [2.75, 3.05) is 0 Å². The third-order valence-corrected chi connectivity index (χ3v) is 1.50. The molecular weight excluding hydrogens is 263 g/mol. The standard InChI is InChI=1S/3C4H10.Sn.H2/c3*1-3-4-2;;/h3*3-4H2,1-2H3;;1H. The average Bonchev–Trinajstić information content (AvgIpc) is 2.18. The Kier molecular flexibility index (Phi) is 69.8. The molecule has 0 bridgehead atoms. The molecule has 0 amide bonds. The normalized spacial score (nSPS) is 6.92. The first-order chi connectivity index (χ1) is 5.74. The van der Waals surface area contributed by atoms with Gasteiger partial charge in [-0.05, 0) is 0 Å². The van der Waals surface area contributed by atoms with Crippen LogP contribution in [-0.4, -0.2) is 23.9 Å². The predicted octanol–water partition coefficient (Wildman–Crippen LogP) is 5.28. The van der Waals surface area contributed by atoms with E-state index in [9.17, 15) is 0 Å². The fraction of sp³-hybridized carbons (Fsp3) is 1.00. The summed E-state index contributed by atoms with van der Waals surface area (Å²) in [4.78, 5) is 0. The van der Waals surface area contributed by atoms with Gasteiger partial charge < -0.3 is 0 Å². The SMILES string of the molecule is CCCC.CCCC.CCCC.[HH].[Sn]. The summed E-state index contributed by atoms with van der Waals surface area (Å²) in [6.07, 6.45) is 7.92. The molecule has 0 spiro atoms. The van der Waals surface area contributed by atoms with Gasteiger partial charge in [0, 0.05) is 25.3 Å². The van der Waals surface area contributed by atoms with E-state index in [0.29, 0.717) is 0 Å². The van der Waals surface area contributed by atoms with Gasteiger partial charge >= 0.3 is 0 Å². The Labute approximate surface area is 105 Å². The Morgan fingerprint density at radius 1 is 0.462 bits per heavy atom. The Hall–Kier alpha value is 0.799. The predicted molar refractivity (Wildman–Crippen MR) is 69.6 cm³/mol. The van der Waals surface area contributed by atoms with Crippen molar-refractivity contribution in [3.8, 4) is 0 Å². The van der Waals surface area contributed by atoms with E-state index in [2.05, 4.69) is 41.5 Å². The van der Waals surface area contributed by atoms with E-state index in [0.717, 1.165) is 0 Å². The molecule has 0 aliphatic carbocycles. The van der Waals surface area contributed by atoms with Gasteiger partial charge in [0.25, 0.3) is 0 Å². The number of hydrogen-bond donors (Lipinski definition) is 0. The number of hydrogen-bond acceptors (Lipinski definition) is 0. The van der Waals surface area contributed by atoms with Gasteiger partial charge in [-0.25, -0.2) is 0 Å². The zero-order chi connectivity index (χ0) is 10.2. The monoisotopic (exact) mass is 296 g/mol. The fourth-order valence-electron chi connectivity index (χ4n) is 0. The topological polar surface area (TPSA) is 0 Å². The molecule has 0 aromatic carbocycles. The first-order valence-electron chi connectivity index (χ1n) is 5.74. The Balaban J connectivity index is -0.0000000270. The molecule has 0 N–H and O–H groups in total.